The van der Waals surface area contributed by atoms with E-state index in [9.17, 15) is 19.8 Å². The number of quaternary nitrogens is 2. The number of aliphatic hydroxyl groups excluding tert-OH is 2. The second kappa shape index (κ2) is 16.9. The average molecular weight is 481 g/mol. The molecule has 0 rings (SSSR count). The van der Waals surface area contributed by atoms with Crippen LogP contribution in [0.1, 0.15) is 0 Å². The minimum atomic E-state index is -2.02. The lowest BCUT2D eigenvalue weighted by Crippen LogP contribution is -3.00. The Morgan fingerprint density at radius 1 is 0.633 bits per heavy atom. The van der Waals surface area contributed by atoms with E-state index in [-0.39, 0.29) is 51.2 Å². The maximum atomic E-state index is 11.7. The van der Waals surface area contributed by atoms with Crippen LogP contribution in [-0.4, -0.2) is 138 Å². The molecule has 0 aromatic heterocycles. The lowest BCUT2D eigenvalue weighted by molar-refractivity contribution is -0.870. The minimum absolute atomic E-state index is 0. The Labute approximate surface area is 192 Å². The first kappa shape index (κ1) is 33.9. The molecule has 0 amide bonds. The number of hydrogen-bond acceptors (Lipinski definition) is 8. The molecule has 0 aromatic rings. The fourth-order valence-corrected chi connectivity index (χ4v) is 1.71. The van der Waals surface area contributed by atoms with Crippen LogP contribution >= 0.6 is 0 Å². The smallest absolute Gasteiger partial charge is 0.338 e. The molecule has 30 heavy (non-hydrogen) atoms. The second-order valence-electron chi connectivity index (χ2n) is 8.48. The zero-order valence-electron chi connectivity index (χ0n) is 18.8. The number of ether oxygens (including phenoxy) is 4. The summed E-state index contributed by atoms with van der Waals surface area (Å²) in [6.07, 6.45) is -4.03. The summed E-state index contributed by atoms with van der Waals surface area (Å²) in [5.74, 6) is -2.22. The van der Waals surface area contributed by atoms with Gasteiger partial charge >= 0.3 is 11.9 Å². The predicted octanol–water partition coefficient (Wildman–Crippen LogP) is -7.75. The Kier molecular flexibility index (Phi) is 19.1. The summed E-state index contributed by atoms with van der Waals surface area (Å²) in [6.45, 7) is 2.71. The number of likely N-dealkylation sites (N-methyl/N-ethyl adjacent to an activating group) is 2. The van der Waals surface area contributed by atoms with Crippen LogP contribution in [0.4, 0.5) is 0 Å². The highest BCUT2D eigenvalue weighted by Gasteiger charge is 2.32. The van der Waals surface area contributed by atoms with Gasteiger partial charge in [-0.15, -0.1) is 0 Å². The SMILES string of the molecule is C[N+](C)(C)CCOCCOC(=O)C(O)C(O)C(=O)OCCOCC[N+](C)(C)C.[Cl-].[Cl-]. The van der Waals surface area contributed by atoms with Crippen LogP contribution < -0.4 is 24.8 Å². The molecule has 0 aliphatic carbocycles. The van der Waals surface area contributed by atoms with Crippen molar-refractivity contribution in [1.29, 1.82) is 0 Å². The molecule has 0 aliphatic rings. The van der Waals surface area contributed by atoms with Crippen molar-refractivity contribution < 1.29 is 72.5 Å². The van der Waals surface area contributed by atoms with Crippen LogP contribution in [0.5, 0.6) is 0 Å². The summed E-state index contributed by atoms with van der Waals surface area (Å²) in [5, 5.41) is 19.4. The lowest BCUT2D eigenvalue weighted by Gasteiger charge is -2.23. The fourth-order valence-electron chi connectivity index (χ4n) is 1.71. The molecule has 0 radical (unpaired) electrons. The number of hydrogen-bond donors (Lipinski definition) is 2. The summed E-state index contributed by atoms with van der Waals surface area (Å²) < 4.78 is 21.7. The van der Waals surface area contributed by atoms with Gasteiger partial charge in [-0.3, -0.25) is 0 Å². The average Bonchev–Trinajstić information content (AvgIpc) is 2.57. The normalized spacial score (nSPS) is 13.5. The van der Waals surface area contributed by atoms with E-state index in [4.69, 9.17) is 18.9 Å². The Balaban J connectivity index is -0.00000364. The first-order chi connectivity index (χ1) is 12.8. The van der Waals surface area contributed by atoms with Gasteiger partial charge in [0.05, 0.1) is 68.7 Å². The van der Waals surface area contributed by atoms with E-state index >= 15 is 0 Å². The van der Waals surface area contributed by atoms with Gasteiger partial charge in [-0.05, 0) is 0 Å². The third-order valence-electron chi connectivity index (χ3n) is 3.54. The van der Waals surface area contributed by atoms with Crippen molar-refractivity contribution >= 4 is 11.9 Å². The molecule has 2 atom stereocenters. The van der Waals surface area contributed by atoms with Crippen molar-refractivity contribution in [1.82, 2.24) is 0 Å². The van der Waals surface area contributed by atoms with Crippen LogP contribution in [0.2, 0.25) is 0 Å². The van der Waals surface area contributed by atoms with Crippen LogP contribution in [0.3, 0.4) is 0 Å². The molecular formula is C18H38Cl2N2O8. The monoisotopic (exact) mass is 480 g/mol. The number of aliphatic hydroxyl groups is 2. The highest BCUT2D eigenvalue weighted by molar-refractivity contribution is 5.85. The van der Waals surface area contributed by atoms with E-state index in [1.807, 2.05) is 42.3 Å². The van der Waals surface area contributed by atoms with Gasteiger partial charge in [0.1, 0.15) is 26.3 Å². The Bertz CT molecular complexity index is 428. The Morgan fingerprint density at radius 2 is 0.933 bits per heavy atom. The fraction of sp³-hybridized carbons (Fsp3) is 0.889. The van der Waals surface area contributed by atoms with Gasteiger partial charge in [0.2, 0.25) is 0 Å². The van der Waals surface area contributed by atoms with Crippen LogP contribution in [0.25, 0.3) is 0 Å². The first-order valence-electron chi connectivity index (χ1n) is 9.29. The predicted molar refractivity (Wildman–Crippen MR) is 101 cm³/mol. The quantitative estimate of drug-likeness (QED) is 0.135. The van der Waals surface area contributed by atoms with E-state index < -0.39 is 24.1 Å². The topological polar surface area (TPSA) is 112 Å². The van der Waals surface area contributed by atoms with E-state index in [0.717, 1.165) is 22.1 Å². The lowest BCUT2D eigenvalue weighted by atomic mass is 10.2. The van der Waals surface area contributed by atoms with Gasteiger partial charge in [0.25, 0.3) is 0 Å². The summed E-state index contributed by atoms with van der Waals surface area (Å²) in [6, 6.07) is 0. The van der Waals surface area contributed by atoms with Crippen LogP contribution in [0, 0.1) is 0 Å². The van der Waals surface area contributed by atoms with Crippen molar-refractivity contribution in [3.63, 3.8) is 0 Å². The van der Waals surface area contributed by atoms with Crippen LogP contribution in [-0.2, 0) is 28.5 Å². The molecule has 0 aromatic carbocycles. The zero-order valence-corrected chi connectivity index (χ0v) is 20.3. The standard InChI is InChI=1S/C18H38N2O8.2ClH/c1-19(2,3)7-9-25-11-13-27-17(23)15(21)16(22)18(24)28-14-12-26-10-8-20(4,5)6;;/h15-16,21-22H,7-14H2,1-6H3;2*1H/q+2;;/p-2. The first-order valence-corrected chi connectivity index (χ1v) is 9.29. The molecule has 0 bridgehead atoms. The van der Waals surface area contributed by atoms with Gasteiger partial charge in [-0.2, -0.15) is 0 Å². The molecule has 0 saturated carbocycles. The number of esters is 2. The molecule has 0 saturated heterocycles. The molecule has 2 N–H and O–H groups in total. The van der Waals surface area contributed by atoms with Crippen LogP contribution in [0.15, 0.2) is 0 Å². The Hall–Kier alpha value is -0.720. The number of nitrogens with zero attached hydrogens (tertiary/aromatic N) is 2. The minimum Gasteiger partial charge on any atom is -1.00 e. The molecule has 0 aliphatic heterocycles. The van der Waals surface area contributed by atoms with Crippen molar-refractivity contribution in [2.45, 2.75) is 12.2 Å². The van der Waals surface area contributed by atoms with Crippen molar-refractivity contribution in [3.05, 3.63) is 0 Å². The maximum absolute atomic E-state index is 11.7. The number of halogens is 2. The second-order valence-corrected chi connectivity index (χ2v) is 8.48. The highest BCUT2D eigenvalue weighted by Crippen LogP contribution is 2.01. The summed E-state index contributed by atoms with van der Waals surface area (Å²) in [4.78, 5) is 23.3. The molecule has 0 spiro atoms. The molecule has 182 valence electrons. The van der Waals surface area contributed by atoms with Gasteiger partial charge in [0, 0.05) is 0 Å². The van der Waals surface area contributed by atoms with Gasteiger partial charge in [0.15, 0.2) is 12.2 Å². The van der Waals surface area contributed by atoms with E-state index in [2.05, 4.69) is 0 Å². The van der Waals surface area contributed by atoms with E-state index in [1.165, 1.54) is 0 Å². The zero-order chi connectivity index (χ0) is 21.8. The molecule has 2 unspecified atom stereocenters. The number of rotatable bonds is 15. The van der Waals surface area contributed by atoms with E-state index in [0.29, 0.717) is 13.2 Å². The summed E-state index contributed by atoms with van der Waals surface area (Å²) in [5.41, 5.74) is 0. The molecular weight excluding hydrogens is 443 g/mol. The largest absolute Gasteiger partial charge is 1.00 e. The summed E-state index contributed by atoms with van der Waals surface area (Å²) in [7, 11) is 12.2. The molecule has 12 heteroatoms. The molecule has 0 fully saturated rings. The van der Waals surface area contributed by atoms with E-state index in [1.54, 1.807) is 0 Å². The van der Waals surface area contributed by atoms with Crippen molar-refractivity contribution in [2.75, 3.05) is 95.0 Å². The van der Waals surface area contributed by atoms with Crippen molar-refractivity contribution in [3.8, 4) is 0 Å². The van der Waals surface area contributed by atoms with Gasteiger partial charge in [-0.25, -0.2) is 9.59 Å². The Morgan fingerprint density at radius 3 is 1.20 bits per heavy atom. The van der Waals surface area contributed by atoms with Crippen molar-refractivity contribution in [2.24, 2.45) is 0 Å². The molecule has 0 heterocycles. The number of carbonyl (C=O) groups is 2. The number of carbonyl (C=O) groups excluding carboxylic acids is 2. The van der Waals surface area contributed by atoms with Gasteiger partial charge in [-0.1, -0.05) is 0 Å². The third-order valence-corrected chi connectivity index (χ3v) is 3.54. The third kappa shape index (κ3) is 19.3. The highest BCUT2D eigenvalue weighted by atomic mass is 35.5. The summed E-state index contributed by atoms with van der Waals surface area (Å²) >= 11 is 0. The van der Waals surface area contributed by atoms with Gasteiger partial charge < -0.3 is 62.9 Å². The maximum Gasteiger partial charge on any atom is 0.338 e. The molecule has 10 nitrogen and oxygen atoms in total.